The molecule has 1 rings (SSSR count). The van der Waals surface area contributed by atoms with Crippen LogP contribution in [-0.2, 0) is 9.53 Å². The Bertz CT molecular complexity index is 245. The number of nitrogens with two attached hydrogens (primary N) is 1. The molecule has 1 amide bonds. The van der Waals surface area contributed by atoms with Crippen LogP contribution in [0, 0.1) is 0 Å². The van der Waals surface area contributed by atoms with Crippen LogP contribution in [-0.4, -0.2) is 42.6 Å². The van der Waals surface area contributed by atoms with Gasteiger partial charge in [-0.05, 0) is 26.2 Å². The molecule has 1 aliphatic rings. The predicted molar refractivity (Wildman–Crippen MR) is 64.1 cm³/mol. The first kappa shape index (κ1) is 13.5. The summed E-state index contributed by atoms with van der Waals surface area (Å²) in [5.41, 5.74) is 5.66. The first-order valence-electron chi connectivity index (χ1n) is 6.12. The molecule has 0 aromatic carbocycles. The van der Waals surface area contributed by atoms with Crippen LogP contribution in [0.5, 0.6) is 0 Å². The van der Waals surface area contributed by atoms with Crippen molar-refractivity contribution in [2.45, 2.75) is 51.2 Å². The van der Waals surface area contributed by atoms with Crippen LogP contribution in [0.2, 0.25) is 0 Å². The van der Waals surface area contributed by atoms with Crippen LogP contribution in [0.25, 0.3) is 0 Å². The number of carbonyl (C=O) groups excluding carboxylic acids is 1. The lowest BCUT2D eigenvalue weighted by molar-refractivity contribution is -0.140. The second-order valence-electron chi connectivity index (χ2n) is 4.91. The second-order valence-corrected chi connectivity index (χ2v) is 4.91. The van der Waals surface area contributed by atoms with Crippen molar-refractivity contribution in [2.75, 3.05) is 20.2 Å². The fourth-order valence-corrected chi connectivity index (χ4v) is 2.23. The number of nitrogens with zero attached hydrogens (tertiary/aromatic N) is 1. The van der Waals surface area contributed by atoms with Crippen molar-refractivity contribution in [3.8, 4) is 0 Å². The van der Waals surface area contributed by atoms with Gasteiger partial charge in [-0.3, -0.25) is 4.79 Å². The zero-order valence-corrected chi connectivity index (χ0v) is 10.7. The number of hydrogen-bond donors (Lipinski definition) is 1. The van der Waals surface area contributed by atoms with Gasteiger partial charge in [0.05, 0.1) is 11.6 Å². The van der Waals surface area contributed by atoms with Gasteiger partial charge in [-0.15, -0.1) is 0 Å². The smallest absolute Gasteiger partial charge is 0.239 e. The molecule has 4 heteroatoms. The number of piperidine rings is 1. The molecule has 2 atom stereocenters. The summed E-state index contributed by atoms with van der Waals surface area (Å²) in [6.07, 6.45) is 3.71. The van der Waals surface area contributed by atoms with Gasteiger partial charge in [0.1, 0.15) is 0 Å². The van der Waals surface area contributed by atoms with Crippen molar-refractivity contribution in [1.82, 2.24) is 4.90 Å². The normalized spacial score (nSPS) is 27.9. The van der Waals surface area contributed by atoms with Gasteiger partial charge >= 0.3 is 0 Å². The van der Waals surface area contributed by atoms with Gasteiger partial charge in [0.15, 0.2) is 0 Å². The van der Waals surface area contributed by atoms with Crippen LogP contribution in [0.3, 0.4) is 0 Å². The lowest BCUT2D eigenvalue weighted by atomic mass is 9.94. The van der Waals surface area contributed by atoms with Crippen molar-refractivity contribution >= 4 is 5.91 Å². The zero-order valence-electron chi connectivity index (χ0n) is 10.7. The molecule has 16 heavy (non-hydrogen) atoms. The maximum Gasteiger partial charge on any atom is 0.239 e. The van der Waals surface area contributed by atoms with E-state index in [2.05, 4.69) is 6.92 Å². The molecule has 1 fully saturated rings. The molecule has 0 bridgehead atoms. The highest BCUT2D eigenvalue weighted by Crippen LogP contribution is 2.24. The molecule has 0 aliphatic carbocycles. The monoisotopic (exact) mass is 228 g/mol. The van der Waals surface area contributed by atoms with Crippen molar-refractivity contribution in [2.24, 2.45) is 5.73 Å². The summed E-state index contributed by atoms with van der Waals surface area (Å²) in [6, 6.07) is -0.343. The average molecular weight is 228 g/mol. The maximum absolute atomic E-state index is 12.0. The second kappa shape index (κ2) is 5.64. The minimum atomic E-state index is -0.343. The minimum Gasteiger partial charge on any atom is -0.377 e. The molecule has 0 spiro atoms. The molecular weight excluding hydrogens is 204 g/mol. The number of rotatable bonds is 4. The number of methoxy groups -OCH3 is 1. The summed E-state index contributed by atoms with van der Waals surface area (Å²) < 4.78 is 5.46. The molecule has 0 aromatic rings. The Morgan fingerprint density at radius 2 is 2.31 bits per heavy atom. The highest BCUT2D eigenvalue weighted by Gasteiger charge is 2.34. The van der Waals surface area contributed by atoms with E-state index in [0.717, 1.165) is 32.2 Å². The molecule has 1 heterocycles. The number of ether oxygens (including phenoxy) is 1. The van der Waals surface area contributed by atoms with Gasteiger partial charge in [-0.1, -0.05) is 13.3 Å². The van der Waals surface area contributed by atoms with Gasteiger partial charge in [-0.25, -0.2) is 0 Å². The van der Waals surface area contributed by atoms with Gasteiger partial charge < -0.3 is 15.4 Å². The SMILES string of the molecule is CCC[C@H](N)C(=O)N1CCCC(C)(OC)C1. The number of amides is 1. The van der Waals surface area contributed by atoms with Crippen LogP contribution in [0.1, 0.15) is 39.5 Å². The molecule has 2 N–H and O–H groups in total. The molecule has 0 aromatic heterocycles. The Morgan fingerprint density at radius 1 is 1.62 bits per heavy atom. The van der Waals surface area contributed by atoms with Crippen LogP contribution in [0.15, 0.2) is 0 Å². The first-order chi connectivity index (χ1) is 7.52. The van der Waals surface area contributed by atoms with Gasteiger partial charge in [0, 0.05) is 20.2 Å². The van der Waals surface area contributed by atoms with E-state index in [9.17, 15) is 4.79 Å². The highest BCUT2D eigenvalue weighted by atomic mass is 16.5. The van der Waals surface area contributed by atoms with Crippen LogP contribution in [0.4, 0.5) is 0 Å². The lowest BCUT2D eigenvalue weighted by Crippen LogP contribution is -2.53. The first-order valence-corrected chi connectivity index (χ1v) is 6.12. The molecule has 1 aliphatic heterocycles. The quantitative estimate of drug-likeness (QED) is 0.785. The summed E-state index contributed by atoms with van der Waals surface area (Å²) >= 11 is 0. The fraction of sp³-hybridized carbons (Fsp3) is 0.917. The summed E-state index contributed by atoms with van der Waals surface area (Å²) in [5, 5.41) is 0. The van der Waals surface area contributed by atoms with E-state index in [1.54, 1.807) is 7.11 Å². The van der Waals surface area contributed by atoms with E-state index in [1.807, 2.05) is 11.8 Å². The maximum atomic E-state index is 12.0. The van der Waals surface area contributed by atoms with E-state index in [0.29, 0.717) is 6.54 Å². The van der Waals surface area contributed by atoms with Crippen LogP contribution < -0.4 is 5.73 Å². The Hall–Kier alpha value is -0.610. The standard InChI is InChI=1S/C12H24N2O2/c1-4-6-10(13)11(15)14-8-5-7-12(2,9-14)16-3/h10H,4-9,13H2,1-3H3/t10-,12?/m0/s1. The Balaban J connectivity index is 2.56. The van der Waals surface area contributed by atoms with E-state index >= 15 is 0 Å². The van der Waals surface area contributed by atoms with E-state index < -0.39 is 0 Å². The lowest BCUT2D eigenvalue weighted by Gasteiger charge is -2.40. The molecule has 1 unspecified atom stereocenters. The zero-order chi connectivity index (χ0) is 12.2. The van der Waals surface area contributed by atoms with Crippen molar-refractivity contribution < 1.29 is 9.53 Å². The van der Waals surface area contributed by atoms with E-state index in [4.69, 9.17) is 10.5 Å². The molecular formula is C12H24N2O2. The molecule has 4 nitrogen and oxygen atoms in total. The molecule has 1 saturated heterocycles. The van der Waals surface area contributed by atoms with E-state index in [1.165, 1.54) is 0 Å². The van der Waals surface area contributed by atoms with E-state index in [-0.39, 0.29) is 17.6 Å². The Kier molecular flexibility index (Phi) is 4.74. The minimum absolute atomic E-state index is 0.0739. The average Bonchev–Trinajstić information content (AvgIpc) is 2.28. The number of hydrogen-bond acceptors (Lipinski definition) is 3. The predicted octanol–water partition coefficient (Wildman–Crippen LogP) is 1.14. The Labute approximate surface area is 98.1 Å². The number of likely N-dealkylation sites (tertiary alicyclic amines) is 1. The van der Waals surface area contributed by atoms with Gasteiger partial charge in [-0.2, -0.15) is 0 Å². The molecule has 0 saturated carbocycles. The third-order valence-electron chi connectivity index (χ3n) is 3.38. The molecule has 94 valence electrons. The summed E-state index contributed by atoms with van der Waals surface area (Å²) in [4.78, 5) is 13.9. The topological polar surface area (TPSA) is 55.6 Å². The van der Waals surface area contributed by atoms with Crippen molar-refractivity contribution in [1.29, 1.82) is 0 Å². The molecule has 0 radical (unpaired) electrons. The van der Waals surface area contributed by atoms with Crippen molar-refractivity contribution in [3.63, 3.8) is 0 Å². The third kappa shape index (κ3) is 3.19. The number of carbonyl (C=O) groups is 1. The van der Waals surface area contributed by atoms with Gasteiger partial charge in [0.2, 0.25) is 5.91 Å². The van der Waals surface area contributed by atoms with Crippen LogP contribution >= 0.6 is 0 Å². The fourth-order valence-electron chi connectivity index (χ4n) is 2.23. The largest absolute Gasteiger partial charge is 0.377 e. The summed E-state index contributed by atoms with van der Waals surface area (Å²) in [6.45, 7) is 5.58. The summed E-state index contributed by atoms with van der Waals surface area (Å²) in [5.74, 6) is 0.0739. The van der Waals surface area contributed by atoms with Crippen molar-refractivity contribution in [3.05, 3.63) is 0 Å². The van der Waals surface area contributed by atoms with Gasteiger partial charge in [0.25, 0.3) is 0 Å². The summed E-state index contributed by atoms with van der Waals surface area (Å²) in [7, 11) is 1.71. The Morgan fingerprint density at radius 3 is 2.88 bits per heavy atom. The third-order valence-corrected chi connectivity index (χ3v) is 3.38. The highest BCUT2D eigenvalue weighted by molar-refractivity contribution is 5.81.